The van der Waals surface area contributed by atoms with E-state index in [0.717, 1.165) is 12.0 Å². The number of carboxylic acid groups (broad SMARTS) is 1. The van der Waals surface area contributed by atoms with Crippen LogP contribution in [-0.2, 0) is 6.42 Å². The zero-order chi connectivity index (χ0) is 9.84. The molecule has 0 saturated carbocycles. The zero-order valence-electron chi connectivity index (χ0n) is 7.53. The number of hydrogen-bond donors (Lipinski definition) is 2. The van der Waals surface area contributed by atoms with Crippen LogP contribution in [0.3, 0.4) is 0 Å². The highest BCUT2D eigenvalue weighted by Crippen LogP contribution is 2.06. The lowest BCUT2D eigenvalue weighted by Gasteiger charge is -2.04. The van der Waals surface area contributed by atoms with Gasteiger partial charge in [-0.15, -0.1) is 0 Å². The van der Waals surface area contributed by atoms with Gasteiger partial charge in [-0.05, 0) is 31.0 Å². The van der Waals surface area contributed by atoms with Gasteiger partial charge in [0.15, 0.2) is 0 Å². The standard InChI is InChI=1S/C10H13NO2/c1-7(11)6-8-2-4-9(5-3-8)10(12)13/h2-5,7H,6,11H2,1H3,(H,12,13)/t7-/m0/s1. The van der Waals surface area contributed by atoms with E-state index < -0.39 is 5.97 Å². The van der Waals surface area contributed by atoms with Crippen LogP contribution in [0, 0.1) is 0 Å². The summed E-state index contributed by atoms with van der Waals surface area (Å²) in [4.78, 5) is 10.5. The Kier molecular flexibility index (Phi) is 3.03. The van der Waals surface area contributed by atoms with E-state index in [-0.39, 0.29) is 6.04 Å². The van der Waals surface area contributed by atoms with E-state index in [1.165, 1.54) is 0 Å². The minimum Gasteiger partial charge on any atom is -0.478 e. The molecule has 3 N–H and O–H groups in total. The van der Waals surface area contributed by atoms with E-state index in [9.17, 15) is 4.79 Å². The van der Waals surface area contributed by atoms with E-state index in [0.29, 0.717) is 5.56 Å². The molecule has 1 rings (SSSR count). The van der Waals surface area contributed by atoms with Crippen molar-refractivity contribution in [2.24, 2.45) is 5.73 Å². The molecule has 0 radical (unpaired) electrons. The largest absolute Gasteiger partial charge is 0.478 e. The van der Waals surface area contributed by atoms with Gasteiger partial charge in [0, 0.05) is 6.04 Å². The highest BCUT2D eigenvalue weighted by Gasteiger charge is 2.02. The predicted octanol–water partition coefficient (Wildman–Crippen LogP) is 1.27. The fourth-order valence-corrected chi connectivity index (χ4v) is 1.16. The van der Waals surface area contributed by atoms with Crippen LogP contribution >= 0.6 is 0 Å². The molecule has 1 aromatic rings. The predicted molar refractivity (Wildman–Crippen MR) is 50.8 cm³/mol. The van der Waals surface area contributed by atoms with Crippen LogP contribution in [0.1, 0.15) is 22.8 Å². The van der Waals surface area contributed by atoms with Crippen LogP contribution in [-0.4, -0.2) is 17.1 Å². The first-order valence-electron chi connectivity index (χ1n) is 4.17. The summed E-state index contributed by atoms with van der Waals surface area (Å²) in [5, 5.41) is 8.63. The average Bonchev–Trinajstić information content (AvgIpc) is 2.04. The minimum atomic E-state index is -0.896. The number of rotatable bonds is 3. The summed E-state index contributed by atoms with van der Waals surface area (Å²) < 4.78 is 0. The van der Waals surface area contributed by atoms with Crippen molar-refractivity contribution in [2.75, 3.05) is 0 Å². The van der Waals surface area contributed by atoms with Gasteiger partial charge in [-0.2, -0.15) is 0 Å². The third-order valence-electron chi connectivity index (χ3n) is 1.76. The van der Waals surface area contributed by atoms with Crippen molar-refractivity contribution >= 4 is 5.97 Å². The van der Waals surface area contributed by atoms with Gasteiger partial charge in [0.1, 0.15) is 0 Å². The molecule has 0 bridgehead atoms. The van der Waals surface area contributed by atoms with Crippen molar-refractivity contribution in [2.45, 2.75) is 19.4 Å². The Labute approximate surface area is 77.2 Å². The molecule has 1 aromatic carbocycles. The lowest BCUT2D eigenvalue weighted by molar-refractivity contribution is 0.0697. The van der Waals surface area contributed by atoms with Gasteiger partial charge >= 0.3 is 5.97 Å². The van der Waals surface area contributed by atoms with Gasteiger partial charge in [-0.3, -0.25) is 0 Å². The van der Waals surface area contributed by atoms with Crippen LogP contribution in [0.2, 0.25) is 0 Å². The molecule has 0 aliphatic rings. The fourth-order valence-electron chi connectivity index (χ4n) is 1.16. The van der Waals surface area contributed by atoms with Crippen LogP contribution in [0.4, 0.5) is 0 Å². The molecule has 1 atom stereocenters. The summed E-state index contributed by atoms with van der Waals surface area (Å²) in [6.07, 6.45) is 0.778. The Hall–Kier alpha value is -1.35. The summed E-state index contributed by atoms with van der Waals surface area (Å²) in [6, 6.07) is 6.90. The minimum absolute atomic E-state index is 0.107. The molecule has 0 saturated heterocycles. The Bertz CT molecular complexity index is 290. The molecular formula is C10H13NO2. The van der Waals surface area contributed by atoms with Crippen molar-refractivity contribution in [3.8, 4) is 0 Å². The first-order chi connectivity index (χ1) is 6.09. The molecule has 0 aliphatic heterocycles. The highest BCUT2D eigenvalue weighted by molar-refractivity contribution is 5.87. The van der Waals surface area contributed by atoms with Crippen molar-refractivity contribution in [1.29, 1.82) is 0 Å². The van der Waals surface area contributed by atoms with E-state index in [1.54, 1.807) is 24.3 Å². The fraction of sp³-hybridized carbons (Fsp3) is 0.300. The molecule has 3 heteroatoms. The number of carbonyl (C=O) groups is 1. The van der Waals surface area contributed by atoms with Gasteiger partial charge in [0.25, 0.3) is 0 Å². The SMILES string of the molecule is C[C@H](N)Cc1ccc(C(=O)O)cc1. The molecule has 0 aliphatic carbocycles. The maximum atomic E-state index is 10.5. The Morgan fingerprint density at radius 3 is 2.38 bits per heavy atom. The molecule has 3 nitrogen and oxygen atoms in total. The van der Waals surface area contributed by atoms with Crippen molar-refractivity contribution in [3.05, 3.63) is 35.4 Å². The number of carboxylic acids is 1. The van der Waals surface area contributed by atoms with E-state index in [2.05, 4.69) is 0 Å². The topological polar surface area (TPSA) is 63.3 Å². The number of aromatic carboxylic acids is 1. The number of hydrogen-bond acceptors (Lipinski definition) is 2. The first-order valence-corrected chi connectivity index (χ1v) is 4.17. The number of benzene rings is 1. The summed E-state index contributed by atoms with van der Waals surface area (Å²) in [7, 11) is 0. The summed E-state index contributed by atoms with van der Waals surface area (Å²) in [5.74, 6) is -0.896. The zero-order valence-corrected chi connectivity index (χ0v) is 7.53. The van der Waals surface area contributed by atoms with Crippen molar-refractivity contribution in [1.82, 2.24) is 0 Å². The molecule has 0 amide bonds. The molecule has 0 unspecified atom stereocenters. The molecule has 0 aromatic heterocycles. The Balaban J connectivity index is 2.75. The second-order valence-electron chi connectivity index (χ2n) is 3.18. The van der Waals surface area contributed by atoms with E-state index in [4.69, 9.17) is 10.8 Å². The smallest absolute Gasteiger partial charge is 0.335 e. The van der Waals surface area contributed by atoms with Crippen LogP contribution in [0.5, 0.6) is 0 Å². The Morgan fingerprint density at radius 2 is 2.00 bits per heavy atom. The number of nitrogens with two attached hydrogens (primary N) is 1. The summed E-state index contributed by atoms with van der Waals surface area (Å²) in [6.45, 7) is 1.92. The lowest BCUT2D eigenvalue weighted by Crippen LogP contribution is -2.17. The summed E-state index contributed by atoms with van der Waals surface area (Å²) >= 11 is 0. The lowest BCUT2D eigenvalue weighted by atomic mass is 10.1. The highest BCUT2D eigenvalue weighted by atomic mass is 16.4. The second kappa shape index (κ2) is 4.05. The van der Waals surface area contributed by atoms with E-state index >= 15 is 0 Å². The van der Waals surface area contributed by atoms with Crippen LogP contribution < -0.4 is 5.73 Å². The van der Waals surface area contributed by atoms with Gasteiger partial charge in [0.05, 0.1) is 5.56 Å². The molecule has 0 heterocycles. The van der Waals surface area contributed by atoms with Crippen molar-refractivity contribution < 1.29 is 9.90 Å². The quantitative estimate of drug-likeness (QED) is 0.734. The first kappa shape index (κ1) is 9.74. The summed E-state index contributed by atoms with van der Waals surface area (Å²) in [5.41, 5.74) is 6.99. The maximum absolute atomic E-state index is 10.5. The van der Waals surface area contributed by atoms with Crippen molar-refractivity contribution in [3.63, 3.8) is 0 Å². The second-order valence-corrected chi connectivity index (χ2v) is 3.18. The normalized spacial score (nSPS) is 12.5. The monoisotopic (exact) mass is 179 g/mol. The molecular weight excluding hydrogens is 166 g/mol. The molecule has 0 fully saturated rings. The van der Waals surface area contributed by atoms with Gasteiger partial charge < -0.3 is 10.8 Å². The van der Waals surface area contributed by atoms with Gasteiger partial charge in [-0.1, -0.05) is 12.1 Å². The van der Waals surface area contributed by atoms with Crippen LogP contribution in [0.15, 0.2) is 24.3 Å². The van der Waals surface area contributed by atoms with Gasteiger partial charge in [0.2, 0.25) is 0 Å². The average molecular weight is 179 g/mol. The third-order valence-corrected chi connectivity index (χ3v) is 1.76. The molecule has 70 valence electrons. The Morgan fingerprint density at radius 1 is 1.46 bits per heavy atom. The van der Waals surface area contributed by atoms with E-state index in [1.807, 2.05) is 6.92 Å². The van der Waals surface area contributed by atoms with Crippen LogP contribution in [0.25, 0.3) is 0 Å². The maximum Gasteiger partial charge on any atom is 0.335 e. The van der Waals surface area contributed by atoms with Gasteiger partial charge in [-0.25, -0.2) is 4.79 Å². The third kappa shape index (κ3) is 2.87. The molecule has 13 heavy (non-hydrogen) atoms. The molecule has 0 spiro atoms.